The van der Waals surface area contributed by atoms with E-state index in [4.69, 9.17) is 5.11 Å². The zero-order chi connectivity index (χ0) is 15.8. The molecule has 114 valence electrons. The number of amides is 2. The summed E-state index contributed by atoms with van der Waals surface area (Å²) >= 11 is 0. The van der Waals surface area contributed by atoms with Crippen LogP contribution >= 0.6 is 0 Å². The van der Waals surface area contributed by atoms with E-state index in [1.54, 1.807) is 13.8 Å². The third kappa shape index (κ3) is 6.07. The van der Waals surface area contributed by atoms with Crippen molar-refractivity contribution in [1.82, 2.24) is 10.6 Å². The second-order valence-corrected chi connectivity index (χ2v) is 5.06. The second kappa shape index (κ2) is 8.04. The van der Waals surface area contributed by atoms with E-state index in [0.717, 1.165) is 5.56 Å². The second-order valence-electron chi connectivity index (χ2n) is 5.06. The smallest absolute Gasteiger partial charge is 0.322 e. The number of rotatable bonds is 7. The Balaban J connectivity index is 2.59. The number of carbonyl (C=O) groups excluding carboxylic acids is 2. The molecule has 0 fully saturated rings. The van der Waals surface area contributed by atoms with Gasteiger partial charge in [-0.3, -0.25) is 14.4 Å². The molecule has 1 aromatic rings. The van der Waals surface area contributed by atoms with Crippen molar-refractivity contribution >= 4 is 17.8 Å². The molecule has 0 aliphatic rings. The fourth-order valence-electron chi connectivity index (χ4n) is 1.81. The van der Waals surface area contributed by atoms with Gasteiger partial charge in [0.1, 0.15) is 12.6 Å². The average Bonchev–Trinajstić information content (AvgIpc) is 2.43. The van der Waals surface area contributed by atoms with Crippen molar-refractivity contribution in [3.8, 4) is 0 Å². The van der Waals surface area contributed by atoms with Crippen molar-refractivity contribution in [3.05, 3.63) is 35.9 Å². The molecule has 0 aromatic heterocycles. The third-order valence-corrected chi connectivity index (χ3v) is 2.89. The summed E-state index contributed by atoms with van der Waals surface area (Å²) in [6.07, 6.45) is 0.177. The summed E-state index contributed by atoms with van der Waals surface area (Å²) < 4.78 is 0. The molecule has 1 rings (SSSR count). The summed E-state index contributed by atoms with van der Waals surface area (Å²) in [6.45, 7) is 3.11. The minimum atomic E-state index is -1.12. The molecule has 1 atom stereocenters. The largest absolute Gasteiger partial charge is 0.480 e. The minimum Gasteiger partial charge on any atom is -0.480 e. The number of carbonyl (C=O) groups is 3. The van der Waals surface area contributed by atoms with Crippen molar-refractivity contribution < 1.29 is 19.5 Å². The van der Waals surface area contributed by atoms with E-state index in [0.29, 0.717) is 0 Å². The Hall–Kier alpha value is -2.37. The molecule has 21 heavy (non-hydrogen) atoms. The van der Waals surface area contributed by atoms with Gasteiger partial charge in [0.25, 0.3) is 0 Å². The van der Waals surface area contributed by atoms with Crippen LogP contribution in [0.1, 0.15) is 19.4 Å². The number of carboxylic acids is 1. The first-order valence-corrected chi connectivity index (χ1v) is 6.73. The zero-order valence-electron chi connectivity index (χ0n) is 12.1. The van der Waals surface area contributed by atoms with Crippen molar-refractivity contribution in [2.45, 2.75) is 26.3 Å². The molecule has 3 N–H and O–H groups in total. The van der Waals surface area contributed by atoms with Crippen molar-refractivity contribution in [3.63, 3.8) is 0 Å². The molecule has 0 radical (unpaired) electrons. The lowest BCUT2D eigenvalue weighted by Gasteiger charge is -2.21. The fraction of sp³-hybridized carbons (Fsp3) is 0.400. The van der Waals surface area contributed by atoms with Gasteiger partial charge < -0.3 is 15.7 Å². The highest BCUT2D eigenvalue weighted by molar-refractivity contribution is 5.90. The number of carboxylic acid groups (broad SMARTS) is 1. The molecule has 0 bridgehead atoms. The maximum Gasteiger partial charge on any atom is 0.322 e. The molecule has 0 aliphatic carbocycles. The molecule has 0 saturated heterocycles. The van der Waals surface area contributed by atoms with Crippen molar-refractivity contribution in [1.29, 1.82) is 0 Å². The Kier molecular flexibility index (Phi) is 6.39. The first kappa shape index (κ1) is 16.7. The normalized spacial score (nSPS) is 11.8. The lowest BCUT2D eigenvalue weighted by molar-refractivity contribution is -0.138. The van der Waals surface area contributed by atoms with Crippen LogP contribution in [-0.2, 0) is 20.8 Å². The summed E-state index contributed by atoms with van der Waals surface area (Å²) in [6, 6.07) is 8.44. The minimum absolute atomic E-state index is 0.140. The van der Waals surface area contributed by atoms with Gasteiger partial charge in [-0.15, -0.1) is 0 Å². The quantitative estimate of drug-likeness (QED) is 0.684. The van der Waals surface area contributed by atoms with Crippen molar-refractivity contribution in [2.75, 3.05) is 6.54 Å². The van der Waals surface area contributed by atoms with E-state index in [-0.39, 0.29) is 18.2 Å². The van der Waals surface area contributed by atoms with Gasteiger partial charge in [0.05, 0.1) is 6.42 Å². The lowest BCUT2D eigenvalue weighted by atomic mass is 10.0. The van der Waals surface area contributed by atoms with Gasteiger partial charge in [0.2, 0.25) is 11.8 Å². The topological polar surface area (TPSA) is 95.5 Å². The van der Waals surface area contributed by atoms with Gasteiger partial charge in [0, 0.05) is 0 Å². The Morgan fingerprint density at radius 2 is 1.76 bits per heavy atom. The number of hydrogen-bond donors (Lipinski definition) is 3. The standard InChI is InChI=1S/C15H20N2O4/c1-10(2)14(15(21)16-9-13(19)20)17-12(18)8-11-6-4-3-5-7-11/h3-7,10,14H,8-9H2,1-2H3,(H,16,21)(H,17,18)(H,19,20). The maximum atomic E-state index is 12.0. The van der Waals surface area contributed by atoms with Gasteiger partial charge in [0.15, 0.2) is 0 Å². The molecule has 2 amide bonds. The highest BCUT2D eigenvalue weighted by Gasteiger charge is 2.24. The Morgan fingerprint density at radius 3 is 2.29 bits per heavy atom. The number of nitrogens with one attached hydrogen (secondary N) is 2. The van der Waals surface area contributed by atoms with E-state index in [9.17, 15) is 14.4 Å². The Bertz CT molecular complexity index is 500. The molecule has 1 aromatic carbocycles. The van der Waals surface area contributed by atoms with Crippen LogP contribution in [0, 0.1) is 5.92 Å². The first-order valence-electron chi connectivity index (χ1n) is 6.73. The SMILES string of the molecule is CC(C)C(NC(=O)Cc1ccccc1)C(=O)NCC(=O)O. The predicted octanol–water partition coefficient (Wildman–Crippen LogP) is 0.571. The highest BCUT2D eigenvalue weighted by Crippen LogP contribution is 2.04. The summed E-state index contributed by atoms with van der Waals surface area (Å²) in [7, 11) is 0. The lowest BCUT2D eigenvalue weighted by Crippen LogP contribution is -2.51. The maximum absolute atomic E-state index is 12.0. The summed E-state index contributed by atoms with van der Waals surface area (Å²) in [5, 5.41) is 13.5. The van der Waals surface area contributed by atoms with E-state index in [2.05, 4.69) is 10.6 Å². The molecular formula is C15H20N2O4. The summed E-state index contributed by atoms with van der Waals surface area (Å²) in [5.41, 5.74) is 0.850. The molecule has 0 aliphatic heterocycles. The van der Waals surface area contributed by atoms with E-state index in [1.165, 1.54) is 0 Å². The zero-order valence-corrected chi connectivity index (χ0v) is 12.1. The summed E-state index contributed by atoms with van der Waals surface area (Å²) in [5.74, 6) is -2.03. The molecule has 0 saturated carbocycles. The number of aliphatic carboxylic acids is 1. The highest BCUT2D eigenvalue weighted by atomic mass is 16.4. The van der Waals surface area contributed by atoms with Crippen LogP contribution in [0.25, 0.3) is 0 Å². The van der Waals surface area contributed by atoms with Crippen LogP contribution in [0.2, 0.25) is 0 Å². The molecular weight excluding hydrogens is 272 g/mol. The van der Waals surface area contributed by atoms with Gasteiger partial charge in [-0.25, -0.2) is 0 Å². The van der Waals surface area contributed by atoms with Crippen LogP contribution < -0.4 is 10.6 Å². The van der Waals surface area contributed by atoms with Crippen LogP contribution in [0.4, 0.5) is 0 Å². The monoisotopic (exact) mass is 292 g/mol. The molecule has 0 heterocycles. The molecule has 0 spiro atoms. The third-order valence-electron chi connectivity index (χ3n) is 2.89. The predicted molar refractivity (Wildman–Crippen MR) is 77.6 cm³/mol. The molecule has 6 heteroatoms. The van der Waals surface area contributed by atoms with E-state index >= 15 is 0 Å². The van der Waals surface area contributed by atoms with Crippen LogP contribution in [-0.4, -0.2) is 35.5 Å². The molecule has 1 unspecified atom stereocenters. The van der Waals surface area contributed by atoms with Crippen LogP contribution in [0.15, 0.2) is 30.3 Å². The van der Waals surface area contributed by atoms with Gasteiger partial charge >= 0.3 is 5.97 Å². The fourth-order valence-corrected chi connectivity index (χ4v) is 1.81. The van der Waals surface area contributed by atoms with Gasteiger partial charge in [-0.05, 0) is 11.5 Å². The van der Waals surface area contributed by atoms with E-state index < -0.39 is 24.5 Å². The van der Waals surface area contributed by atoms with Crippen LogP contribution in [0.5, 0.6) is 0 Å². The van der Waals surface area contributed by atoms with E-state index in [1.807, 2.05) is 30.3 Å². The van der Waals surface area contributed by atoms with Crippen molar-refractivity contribution in [2.24, 2.45) is 5.92 Å². The Morgan fingerprint density at radius 1 is 1.14 bits per heavy atom. The van der Waals surface area contributed by atoms with Crippen LogP contribution in [0.3, 0.4) is 0 Å². The number of hydrogen-bond acceptors (Lipinski definition) is 3. The molecule has 6 nitrogen and oxygen atoms in total. The van der Waals surface area contributed by atoms with Gasteiger partial charge in [-0.1, -0.05) is 44.2 Å². The first-order chi connectivity index (χ1) is 9.90. The summed E-state index contributed by atoms with van der Waals surface area (Å²) in [4.78, 5) is 34.3. The average molecular weight is 292 g/mol. The van der Waals surface area contributed by atoms with Gasteiger partial charge in [-0.2, -0.15) is 0 Å². The number of benzene rings is 1. The Labute approximate surface area is 123 Å².